The number of hydrogen-bond donors (Lipinski definition) is 2. The number of rotatable bonds is 6. The lowest BCUT2D eigenvalue weighted by molar-refractivity contribution is 0.409. The lowest BCUT2D eigenvalue weighted by Crippen LogP contribution is -2.44. The summed E-state index contributed by atoms with van der Waals surface area (Å²) in [7, 11) is 1.99. The molecule has 6 nitrogen and oxygen atoms in total. The number of hydrogen-bond acceptors (Lipinski definition) is 4. The van der Waals surface area contributed by atoms with Crippen LogP contribution in [0.1, 0.15) is 60.4 Å². The van der Waals surface area contributed by atoms with Gasteiger partial charge in [0.05, 0.1) is 6.54 Å². The Balaban J connectivity index is 1.65. The molecule has 3 rings (SSSR count). The standard InChI is InChI=1S/C19H30N6S/c1-4-16-10-11-17(26-16)12-20-19(22-15-8-6-5-7-9-15)21-13-18-24-23-14(2)25(18)3/h10-11,15H,4-9,12-13H2,1-3H3,(H2,20,21,22). The highest BCUT2D eigenvalue weighted by molar-refractivity contribution is 7.11. The van der Waals surface area contributed by atoms with Crippen molar-refractivity contribution in [2.24, 2.45) is 12.0 Å². The molecule has 0 radical (unpaired) electrons. The van der Waals surface area contributed by atoms with Crippen LogP contribution in [0.25, 0.3) is 0 Å². The van der Waals surface area contributed by atoms with Crippen LogP contribution in [-0.4, -0.2) is 26.8 Å². The van der Waals surface area contributed by atoms with E-state index in [0.29, 0.717) is 12.6 Å². The summed E-state index contributed by atoms with van der Waals surface area (Å²) in [5.41, 5.74) is 0. The summed E-state index contributed by atoms with van der Waals surface area (Å²) in [5, 5.41) is 15.5. The largest absolute Gasteiger partial charge is 0.354 e. The second-order valence-electron chi connectivity index (χ2n) is 6.94. The number of aromatic nitrogens is 3. The van der Waals surface area contributed by atoms with E-state index in [1.54, 1.807) is 0 Å². The van der Waals surface area contributed by atoms with E-state index in [1.807, 2.05) is 29.9 Å². The summed E-state index contributed by atoms with van der Waals surface area (Å²) in [5.74, 6) is 2.68. The highest BCUT2D eigenvalue weighted by atomic mass is 32.1. The van der Waals surface area contributed by atoms with Gasteiger partial charge in [0, 0.05) is 22.8 Å². The summed E-state index contributed by atoms with van der Waals surface area (Å²) >= 11 is 1.87. The zero-order valence-corrected chi connectivity index (χ0v) is 16.9. The smallest absolute Gasteiger partial charge is 0.192 e. The molecule has 0 bridgehead atoms. The highest BCUT2D eigenvalue weighted by Crippen LogP contribution is 2.18. The second kappa shape index (κ2) is 9.16. The molecule has 1 fully saturated rings. The predicted octanol–water partition coefficient (Wildman–Crippen LogP) is 3.32. The van der Waals surface area contributed by atoms with Crippen LogP contribution < -0.4 is 10.6 Å². The third-order valence-corrected chi connectivity index (χ3v) is 6.23. The van der Waals surface area contributed by atoms with Crippen molar-refractivity contribution in [1.82, 2.24) is 25.4 Å². The maximum absolute atomic E-state index is 4.78. The molecular formula is C19H30N6S. The minimum absolute atomic E-state index is 0.519. The molecule has 0 aromatic carbocycles. The molecule has 2 aromatic heterocycles. The molecule has 1 saturated carbocycles. The van der Waals surface area contributed by atoms with E-state index < -0.39 is 0 Å². The Morgan fingerprint density at radius 2 is 2.00 bits per heavy atom. The zero-order chi connectivity index (χ0) is 18.4. The Morgan fingerprint density at radius 3 is 2.65 bits per heavy atom. The van der Waals surface area contributed by atoms with Gasteiger partial charge in [-0.25, -0.2) is 4.99 Å². The van der Waals surface area contributed by atoms with Gasteiger partial charge in [-0.1, -0.05) is 26.2 Å². The molecule has 1 aliphatic carbocycles. The van der Waals surface area contributed by atoms with Gasteiger partial charge in [0.2, 0.25) is 0 Å². The summed E-state index contributed by atoms with van der Waals surface area (Å²) in [4.78, 5) is 7.55. The van der Waals surface area contributed by atoms with Crippen molar-refractivity contribution >= 4 is 17.3 Å². The number of aryl methyl sites for hydroxylation is 2. The Labute approximate surface area is 160 Å². The van der Waals surface area contributed by atoms with Gasteiger partial charge >= 0.3 is 0 Å². The predicted molar refractivity (Wildman–Crippen MR) is 107 cm³/mol. The molecule has 142 valence electrons. The quantitative estimate of drug-likeness (QED) is 0.601. The maximum atomic E-state index is 4.78. The van der Waals surface area contributed by atoms with E-state index in [4.69, 9.17) is 4.99 Å². The van der Waals surface area contributed by atoms with Crippen molar-refractivity contribution in [3.8, 4) is 0 Å². The molecule has 0 spiro atoms. The molecule has 0 amide bonds. The topological polar surface area (TPSA) is 67.1 Å². The molecule has 0 unspecified atom stereocenters. The van der Waals surface area contributed by atoms with E-state index >= 15 is 0 Å². The molecule has 0 atom stereocenters. The Hall–Kier alpha value is -1.89. The van der Waals surface area contributed by atoms with Crippen LogP contribution >= 0.6 is 11.3 Å². The zero-order valence-electron chi connectivity index (χ0n) is 16.1. The van der Waals surface area contributed by atoms with E-state index in [0.717, 1.165) is 30.6 Å². The highest BCUT2D eigenvalue weighted by Gasteiger charge is 2.15. The van der Waals surface area contributed by atoms with E-state index in [-0.39, 0.29) is 0 Å². The minimum Gasteiger partial charge on any atom is -0.354 e. The van der Waals surface area contributed by atoms with Crippen molar-refractivity contribution in [1.29, 1.82) is 0 Å². The fourth-order valence-electron chi connectivity index (χ4n) is 3.21. The van der Waals surface area contributed by atoms with Crippen molar-refractivity contribution in [3.63, 3.8) is 0 Å². The van der Waals surface area contributed by atoms with Crippen LogP contribution in [-0.2, 0) is 26.6 Å². The fourth-order valence-corrected chi connectivity index (χ4v) is 4.11. The Morgan fingerprint density at radius 1 is 1.23 bits per heavy atom. The second-order valence-corrected chi connectivity index (χ2v) is 8.19. The Bertz CT molecular complexity index is 726. The van der Waals surface area contributed by atoms with Gasteiger partial charge < -0.3 is 15.2 Å². The minimum atomic E-state index is 0.519. The number of guanidine groups is 1. The number of thiophene rings is 1. The average Bonchev–Trinajstić information content (AvgIpc) is 3.26. The number of aliphatic imine (C=N–C) groups is 1. The van der Waals surface area contributed by atoms with E-state index in [2.05, 4.69) is 39.9 Å². The van der Waals surface area contributed by atoms with E-state index in [1.165, 1.54) is 41.9 Å². The van der Waals surface area contributed by atoms with Crippen LogP contribution in [0.3, 0.4) is 0 Å². The first kappa shape index (κ1) is 18.9. The molecule has 0 aliphatic heterocycles. The number of nitrogens with zero attached hydrogens (tertiary/aromatic N) is 4. The van der Waals surface area contributed by atoms with Gasteiger partial charge in [-0.2, -0.15) is 0 Å². The van der Waals surface area contributed by atoms with Crippen molar-refractivity contribution in [2.45, 2.75) is 71.5 Å². The monoisotopic (exact) mass is 374 g/mol. The third kappa shape index (κ3) is 5.06. The lowest BCUT2D eigenvalue weighted by atomic mass is 9.96. The fraction of sp³-hybridized carbons (Fsp3) is 0.632. The molecular weight excluding hydrogens is 344 g/mol. The summed E-state index contributed by atoms with van der Waals surface area (Å²) in [6.45, 7) is 5.50. The van der Waals surface area contributed by atoms with Crippen LogP contribution in [0.2, 0.25) is 0 Å². The van der Waals surface area contributed by atoms with Crippen LogP contribution in [0.15, 0.2) is 17.1 Å². The molecule has 2 aromatic rings. The van der Waals surface area contributed by atoms with Crippen LogP contribution in [0, 0.1) is 6.92 Å². The SMILES string of the molecule is CCc1ccc(CNC(=NCc2nnc(C)n2C)NC2CCCCC2)s1. The average molecular weight is 375 g/mol. The van der Waals surface area contributed by atoms with Crippen molar-refractivity contribution in [2.75, 3.05) is 0 Å². The van der Waals surface area contributed by atoms with Gasteiger partial charge in [-0.15, -0.1) is 21.5 Å². The lowest BCUT2D eigenvalue weighted by Gasteiger charge is -2.25. The molecule has 2 N–H and O–H groups in total. The summed E-state index contributed by atoms with van der Waals surface area (Å²) in [6, 6.07) is 4.95. The molecule has 0 saturated heterocycles. The Kier molecular flexibility index (Phi) is 6.66. The van der Waals surface area contributed by atoms with Crippen molar-refractivity contribution < 1.29 is 0 Å². The van der Waals surface area contributed by atoms with Crippen LogP contribution in [0.5, 0.6) is 0 Å². The van der Waals surface area contributed by atoms with Gasteiger partial charge in [-0.05, 0) is 38.3 Å². The molecule has 2 heterocycles. The van der Waals surface area contributed by atoms with Gasteiger partial charge in [0.15, 0.2) is 11.8 Å². The van der Waals surface area contributed by atoms with Gasteiger partial charge in [0.1, 0.15) is 12.4 Å². The first-order chi connectivity index (χ1) is 12.7. The molecule has 26 heavy (non-hydrogen) atoms. The van der Waals surface area contributed by atoms with Gasteiger partial charge in [0.25, 0.3) is 0 Å². The molecule has 7 heteroatoms. The first-order valence-corrected chi connectivity index (χ1v) is 10.4. The van der Waals surface area contributed by atoms with Gasteiger partial charge in [-0.3, -0.25) is 0 Å². The summed E-state index contributed by atoms with van der Waals surface area (Å²) < 4.78 is 1.99. The maximum Gasteiger partial charge on any atom is 0.192 e. The first-order valence-electron chi connectivity index (χ1n) is 9.63. The van der Waals surface area contributed by atoms with E-state index in [9.17, 15) is 0 Å². The third-order valence-electron chi connectivity index (χ3n) is 5.00. The van der Waals surface area contributed by atoms with Crippen LogP contribution in [0.4, 0.5) is 0 Å². The van der Waals surface area contributed by atoms with Crippen molar-refractivity contribution in [3.05, 3.63) is 33.5 Å². The summed E-state index contributed by atoms with van der Waals surface area (Å²) in [6.07, 6.45) is 7.50. The normalized spacial score (nSPS) is 16.0. The molecule has 1 aliphatic rings. The number of nitrogens with one attached hydrogen (secondary N) is 2.